The predicted molar refractivity (Wildman–Crippen MR) is 80.3 cm³/mol. The van der Waals surface area contributed by atoms with Crippen molar-refractivity contribution in [2.45, 2.75) is 12.1 Å². The largest absolute Gasteiger partial charge is 0.461 e. The number of thioether (sulfide) groups is 1. The van der Waals surface area contributed by atoms with Crippen molar-refractivity contribution >= 4 is 29.3 Å². The molecule has 0 aliphatic rings. The molecule has 0 aliphatic heterocycles. The smallest absolute Gasteiger partial charge is 0.356 e. The number of aromatic amines is 1. The highest BCUT2D eigenvalue weighted by molar-refractivity contribution is 7.99. The Bertz CT molecular complexity index is 658. The molecule has 8 heteroatoms. The molecule has 116 valence electrons. The van der Waals surface area contributed by atoms with Crippen LogP contribution in [0.5, 0.6) is 0 Å². The van der Waals surface area contributed by atoms with Crippen molar-refractivity contribution in [3.63, 3.8) is 0 Å². The van der Waals surface area contributed by atoms with Gasteiger partial charge < -0.3 is 15.0 Å². The first-order chi connectivity index (χ1) is 10.6. The predicted octanol–water partition coefficient (Wildman–Crippen LogP) is 2.46. The standard InChI is InChI=1S/C14H14FN3O3S/c1-2-21-13(20)11-7-16-14(18-11)22-8-12(19)17-10-5-3-9(15)4-6-10/h3-7H,2,8H2,1H3,(H,16,18)(H,17,19). The summed E-state index contributed by atoms with van der Waals surface area (Å²) in [6.45, 7) is 1.99. The second-order valence-electron chi connectivity index (χ2n) is 4.17. The van der Waals surface area contributed by atoms with Crippen molar-refractivity contribution in [3.8, 4) is 0 Å². The lowest BCUT2D eigenvalue weighted by atomic mass is 10.3. The summed E-state index contributed by atoms with van der Waals surface area (Å²) in [5.41, 5.74) is 0.752. The van der Waals surface area contributed by atoms with Gasteiger partial charge in [0.2, 0.25) is 5.91 Å². The Morgan fingerprint density at radius 1 is 1.36 bits per heavy atom. The molecule has 0 bridgehead atoms. The minimum absolute atomic E-state index is 0.104. The monoisotopic (exact) mass is 323 g/mol. The molecule has 1 aromatic heterocycles. The number of hydrogen-bond acceptors (Lipinski definition) is 5. The molecule has 0 aliphatic carbocycles. The van der Waals surface area contributed by atoms with Crippen molar-refractivity contribution in [2.75, 3.05) is 17.7 Å². The highest BCUT2D eigenvalue weighted by Crippen LogP contribution is 2.15. The molecule has 2 rings (SSSR count). The van der Waals surface area contributed by atoms with Gasteiger partial charge in [-0.05, 0) is 31.2 Å². The molecule has 2 N–H and O–H groups in total. The lowest BCUT2D eigenvalue weighted by Gasteiger charge is -2.03. The van der Waals surface area contributed by atoms with Crippen molar-refractivity contribution in [2.24, 2.45) is 0 Å². The zero-order valence-corrected chi connectivity index (χ0v) is 12.6. The highest BCUT2D eigenvalue weighted by Gasteiger charge is 2.12. The van der Waals surface area contributed by atoms with Crippen LogP contribution in [0.1, 0.15) is 17.4 Å². The zero-order valence-electron chi connectivity index (χ0n) is 11.8. The van der Waals surface area contributed by atoms with Crippen LogP contribution in [0, 0.1) is 5.82 Å². The molecule has 1 heterocycles. The van der Waals surface area contributed by atoms with Crippen LogP contribution >= 0.6 is 11.8 Å². The molecule has 0 saturated carbocycles. The fraction of sp³-hybridized carbons (Fsp3) is 0.214. The average molecular weight is 323 g/mol. The van der Waals surface area contributed by atoms with Gasteiger partial charge >= 0.3 is 5.97 Å². The lowest BCUT2D eigenvalue weighted by Crippen LogP contribution is -2.14. The number of amides is 1. The van der Waals surface area contributed by atoms with Crippen LogP contribution in [0.4, 0.5) is 10.1 Å². The number of benzene rings is 1. The van der Waals surface area contributed by atoms with Gasteiger partial charge in [-0.2, -0.15) is 0 Å². The molecule has 6 nitrogen and oxygen atoms in total. The molecular weight excluding hydrogens is 309 g/mol. The average Bonchev–Trinajstić information content (AvgIpc) is 2.97. The third-order valence-electron chi connectivity index (χ3n) is 2.52. The molecule has 0 atom stereocenters. The molecule has 0 unspecified atom stereocenters. The molecule has 0 fully saturated rings. The summed E-state index contributed by atoms with van der Waals surface area (Å²) in [5.74, 6) is -1.01. The van der Waals surface area contributed by atoms with Crippen LogP contribution in [0.15, 0.2) is 35.6 Å². The van der Waals surface area contributed by atoms with Gasteiger partial charge in [-0.15, -0.1) is 0 Å². The summed E-state index contributed by atoms with van der Waals surface area (Å²) in [6.07, 6.45) is 1.36. The number of anilines is 1. The maximum absolute atomic E-state index is 12.7. The van der Waals surface area contributed by atoms with Crippen molar-refractivity contribution in [1.82, 2.24) is 9.97 Å². The zero-order chi connectivity index (χ0) is 15.9. The molecule has 1 amide bonds. The minimum atomic E-state index is -0.488. The first-order valence-corrected chi connectivity index (χ1v) is 7.47. The topological polar surface area (TPSA) is 84.1 Å². The second-order valence-corrected chi connectivity index (χ2v) is 5.13. The number of nitrogens with one attached hydrogen (secondary N) is 2. The Hall–Kier alpha value is -2.35. The van der Waals surface area contributed by atoms with Gasteiger partial charge in [0.1, 0.15) is 11.5 Å². The summed E-state index contributed by atoms with van der Waals surface area (Å²) < 4.78 is 17.6. The number of halogens is 1. The first-order valence-electron chi connectivity index (χ1n) is 6.49. The number of carbonyl (C=O) groups excluding carboxylic acids is 2. The third-order valence-corrected chi connectivity index (χ3v) is 3.40. The van der Waals surface area contributed by atoms with E-state index in [1.165, 1.54) is 30.5 Å². The number of rotatable bonds is 6. The van der Waals surface area contributed by atoms with Gasteiger partial charge in [0, 0.05) is 5.69 Å². The fourth-order valence-electron chi connectivity index (χ4n) is 1.55. The van der Waals surface area contributed by atoms with E-state index in [9.17, 15) is 14.0 Å². The van der Waals surface area contributed by atoms with Crippen molar-refractivity contribution in [3.05, 3.63) is 42.0 Å². The normalized spacial score (nSPS) is 10.3. The lowest BCUT2D eigenvalue weighted by molar-refractivity contribution is -0.113. The van der Waals surface area contributed by atoms with E-state index in [0.29, 0.717) is 10.8 Å². The molecule has 0 spiro atoms. The number of esters is 1. The second kappa shape index (κ2) is 7.60. The third kappa shape index (κ3) is 4.59. The Labute approximate surface area is 130 Å². The molecule has 2 aromatic rings. The maximum Gasteiger partial charge on any atom is 0.356 e. The summed E-state index contributed by atoms with van der Waals surface area (Å²) in [7, 11) is 0. The molecule has 1 aromatic carbocycles. The number of nitrogens with zero attached hydrogens (tertiary/aromatic N) is 1. The van der Waals surface area contributed by atoms with Crippen LogP contribution in [-0.4, -0.2) is 34.2 Å². The van der Waals surface area contributed by atoms with Crippen LogP contribution in [-0.2, 0) is 9.53 Å². The summed E-state index contributed by atoms with van der Waals surface area (Å²) in [4.78, 5) is 30.0. The SMILES string of the molecule is CCOC(=O)c1cnc(SCC(=O)Nc2ccc(F)cc2)[nH]1. The first kappa shape index (κ1) is 16.0. The Morgan fingerprint density at radius 2 is 2.09 bits per heavy atom. The molecule has 22 heavy (non-hydrogen) atoms. The van der Waals surface area contributed by atoms with Crippen LogP contribution in [0.2, 0.25) is 0 Å². The number of imidazole rings is 1. The van der Waals surface area contributed by atoms with E-state index in [4.69, 9.17) is 4.74 Å². The van der Waals surface area contributed by atoms with Gasteiger partial charge in [-0.25, -0.2) is 14.2 Å². The quantitative estimate of drug-likeness (QED) is 0.630. The van der Waals surface area contributed by atoms with E-state index < -0.39 is 5.97 Å². The van der Waals surface area contributed by atoms with Crippen molar-refractivity contribution in [1.29, 1.82) is 0 Å². The Balaban J connectivity index is 1.83. The number of aromatic nitrogens is 2. The number of carbonyl (C=O) groups is 2. The Kier molecular flexibility index (Phi) is 5.54. The summed E-state index contributed by atoms with van der Waals surface area (Å²) >= 11 is 1.15. The van der Waals surface area contributed by atoms with Gasteiger partial charge in [0.05, 0.1) is 18.6 Å². The summed E-state index contributed by atoms with van der Waals surface area (Å²) in [6, 6.07) is 5.48. The Morgan fingerprint density at radius 3 is 2.77 bits per heavy atom. The van der Waals surface area contributed by atoms with E-state index in [2.05, 4.69) is 15.3 Å². The van der Waals surface area contributed by atoms with Crippen LogP contribution in [0.3, 0.4) is 0 Å². The molecular formula is C14H14FN3O3S. The fourth-order valence-corrected chi connectivity index (χ4v) is 2.20. The highest BCUT2D eigenvalue weighted by atomic mass is 32.2. The summed E-state index contributed by atoms with van der Waals surface area (Å²) in [5, 5.41) is 3.07. The van der Waals surface area contributed by atoms with Gasteiger partial charge in [0.15, 0.2) is 5.16 Å². The minimum Gasteiger partial charge on any atom is -0.461 e. The van der Waals surface area contributed by atoms with Gasteiger partial charge in [-0.3, -0.25) is 4.79 Å². The van der Waals surface area contributed by atoms with Crippen LogP contribution in [0.25, 0.3) is 0 Å². The van der Waals surface area contributed by atoms with E-state index in [1.54, 1.807) is 6.92 Å². The van der Waals surface area contributed by atoms with Crippen molar-refractivity contribution < 1.29 is 18.7 Å². The van der Waals surface area contributed by atoms with E-state index in [1.807, 2.05) is 0 Å². The van der Waals surface area contributed by atoms with Gasteiger partial charge in [0.25, 0.3) is 0 Å². The molecule has 0 saturated heterocycles. The maximum atomic E-state index is 12.7. The number of ether oxygens (including phenoxy) is 1. The van der Waals surface area contributed by atoms with Gasteiger partial charge in [-0.1, -0.05) is 11.8 Å². The van der Waals surface area contributed by atoms with Crippen LogP contribution < -0.4 is 5.32 Å². The number of hydrogen-bond donors (Lipinski definition) is 2. The molecule has 0 radical (unpaired) electrons. The van der Waals surface area contributed by atoms with E-state index in [0.717, 1.165) is 11.8 Å². The van der Waals surface area contributed by atoms with E-state index in [-0.39, 0.29) is 29.8 Å². The number of H-pyrrole nitrogens is 1. The van der Waals surface area contributed by atoms with E-state index >= 15 is 0 Å².